The van der Waals surface area contributed by atoms with E-state index < -0.39 is 27.5 Å². The van der Waals surface area contributed by atoms with Gasteiger partial charge in [0.2, 0.25) is 0 Å². The molecular weight excluding hydrogens is 491 g/mol. The molecule has 0 radical (unpaired) electrons. The molecule has 1 fully saturated rings. The van der Waals surface area contributed by atoms with Crippen molar-refractivity contribution in [1.29, 1.82) is 0 Å². The number of nitrogens with one attached hydrogen (secondary N) is 3. The van der Waals surface area contributed by atoms with Gasteiger partial charge in [0, 0.05) is 24.2 Å². The lowest BCUT2D eigenvalue weighted by molar-refractivity contribution is 0.267. The van der Waals surface area contributed by atoms with Crippen molar-refractivity contribution in [2.45, 2.75) is 23.8 Å². The van der Waals surface area contributed by atoms with Crippen LogP contribution in [0.4, 0.5) is 13.2 Å². The third kappa shape index (κ3) is 3.84. The van der Waals surface area contributed by atoms with Crippen LogP contribution in [0.5, 0.6) is 0 Å². The van der Waals surface area contributed by atoms with Crippen LogP contribution in [0.3, 0.4) is 0 Å². The van der Waals surface area contributed by atoms with E-state index in [9.17, 15) is 21.6 Å². The molecule has 6 rings (SSSR count). The van der Waals surface area contributed by atoms with Crippen molar-refractivity contribution >= 4 is 32.0 Å². The highest BCUT2D eigenvalue weighted by Crippen LogP contribution is 2.48. The van der Waals surface area contributed by atoms with Crippen LogP contribution in [0, 0.1) is 23.4 Å². The molecule has 0 bridgehead atoms. The lowest BCUT2D eigenvalue weighted by atomic mass is 9.70. The highest BCUT2D eigenvalue weighted by Gasteiger charge is 2.35. The number of halogens is 3. The molecule has 11 heteroatoms. The summed E-state index contributed by atoms with van der Waals surface area (Å²) in [6.45, 7) is 0.205. The van der Waals surface area contributed by atoms with Crippen LogP contribution >= 0.6 is 0 Å². The third-order valence-electron chi connectivity index (χ3n) is 6.77. The zero-order valence-electron chi connectivity index (χ0n) is 18.7. The standard InChI is InChI=1S/C25H20F3N5O2S/c26-16-5-3-14(4-6-16)22-21(19-10-17(27)11-20(28)23(19)31-22)15-8-13(9-15)12-30-36(34,35)25-18-2-1-7-29-24(18)32-33-25/h1-7,10-11,13,15,30-31H,8-9,12H2,(H,29,32,33). The summed E-state index contributed by atoms with van der Waals surface area (Å²) in [6, 6.07) is 11.2. The summed E-state index contributed by atoms with van der Waals surface area (Å²) in [4.78, 5) is 7.10. The molecular formula is C25H20F3N5O2S. The average molecular weight is 512 g/mol. The van der Waals surface area contributed by atoms with Gasteiger partial charge in [-0.3, -0.25) is 5.10 Å². The first-order chi connectivity index (χ1) is 17.3. The molecule has 0 amide bonds. The van der Waals surface area contributed by atoms with Crippen LogP contribution in [-0.4, -0.2) is 35.1 Å². The van der Waals surface area contributed by atoms with E-state index in [-0.39, 0.29) is 28.9 Å². The Balaban J connectivity index is 1.25. The van der Waals surface area contributed by atoms with Gasteiger partial charge in [0.05, 0.1) is 16.6 Å². The molecule has 1 aliphatic carbocycles. The second kappa shape index (κ2) is 8.45. The maximum atomic E-state index is 14.6. The first kappa shape index (κ1) is 22.7. The van der Waals surface area contributed by atoms with Crippen LogP contribution in [0.25, 0.3) is 33.2 Å². The maximum absolute atomic E-state index is 14.6. The molecule has 1 aliphatic rings. The molecule has 36 heavy (non-hydrogen) atoms. The van der Waals surface area contributed by atoms with Gasteiger partial charge in [-0.25, -0.2) is 31.3 Å². The average Bonchev–Trinajstić information content (AvgIpc) is 3.41. The largest absolute Gasteiger partial charge is 0.352 e. The number of benzene rings is 2. The van der Waals surface area contributed by atoms with Gasteiger partial charge in [0.15, 0.2) is 10.7 Å². The summed E-state index contributed by atoms with van der Waals surface area (Å²) in [5, 5.41) is 7.28. The molecule has 3 aromatic heterocycles. The van der Waals surface area contributed by atoms with E-state index in [2.05, 4.69) is 24.9 Å². The second-order valence-electron chi connectivity index (χ2n) is 9.04. The Labute approximate surface area is 203 Å². The Morgan fingerprint density at radius 2 is 1.78 bits per heavy atom. The molecule has 0 unspecified atom stereocenters. The number of aromatic nitrogens is 4. The van der Waals surface area contributed by atoms with Crippen LogP contribution < -0.4 is 4.72 Å². The van der Waals surface area contributed by atoms with Crippen LogP contribution in [0.15, 0.2) is 59.8 Å². The minimum Gasteiger partial charge on any atom is -0.352 e. The van der Waals surface area contributed by atoms with Crippen molar-refractivity contribution in [3.05, 3.63) is 77.7 Å². The monoisotopic (exact) mass is 511 g/mol. The van der Waals surface area contributed by atoms with Gasteiger partial charge in [-0.2, -0.15) is 5.10 Å². The van der Waals surface area contributed by atoms with Gasteiger partial charge >= 0.3 is 0 Å². The van der Waals surface area contributed by atoms with Crippen LogP contribution in [-0.2, 0) is 10.0 Å². The van der Waals surface area contributed by atoms with Gasteiger partial charge in [0.25, 0.3) is 10.0 Å². The van der Waals surface area contributed by atoms with Gasteiger partial charge in [-0.05, 0) is 78.3 Å². The minimum atomic E-state index is -3.84. The number of hydrogen-bond donors (Lipinski definition) is 3. The number of aromatic amines is 2. The van der Waals surface area contributed by atoms with Crippen molar-refractivity contribution in [1.82, 2.24) is 24.9 Å². The Kier molecular flexibility index (Phi) is 5.34. The van der Waals surface area contributed by atoms with E-state index in [1.165, 1.54) is 24.4 Å². The molecule has 2 aromatic carbocycles. The fourth-order valence-corrected chi connectivity index (χ4v) is 6.19. The Morgan fingerprint density at radius 3 is 2.56 bits per heavy atom. The minimum absolute atomic E-state index is 0.0292. The summed E-state index contributed by atoms with van der Waals surface area (Å²) < 4.78 is 70.5. The lowest BCUT2D eigenvalue weighted by Gasteiger charge is -2.36. The number of H-pyrrole nitrogens is 2. The zero-order chi connectivity index (χ0) is 25.0. The van der Waals surface area contributed by atoms with E-state index in [1.807, 2.05) is 0 Å². The van der Waals surface area contributed by atoms with Gasteiger partial charge < -0.3 is 4.98 Å². The third-order valence-corrected chi connectivity index (χ3v) is 8.16. The van der Waals surface area contributed by atoms with Crippen molar-refractivity contribution in [2.24, 2.45) is 5.92 Å². The number of nitrogens with zero attached hydrogens (tertiary/aromatic N) is 2. The lowest BCUT2D eigenvalue weighted by Crippen LogP contribution is -2.35. The smallest absolute Gasteiger partial charge is 0.258 e. The Bertz CT molecular complexity index is 1710. The quantitative estimate of drug-likeness (QED) is 0.299. The Morgan fingerprint density at radius 1 is 1.00 bits per heavy atom. The van der Waals surface area contributed by atoms with Crippen molar-refractivity contribution in [3.8, 4) is 11.3 Å². The fraction of sp³-hybridized carbons (Fsp3) is 0.200. The van der Waals surface area contributed by atoms with E-state index in [0.29, 0.717) is 40.5 Å². The molecule has 0 spiro atoms. The summed E-state index contributed by atoms with van der Waals surface area (Å²) in [7, 11) is -3.84. The molecule has 3 N–H and O–H groups in total. The zero-order valence-corrected chi connectivity index (χ0v) is 19.5. The highest BCUT2D eigenvalue weighted by atomic mass is 32.2. The Hall–Kier alpha value is -3.70. The number of hydrogen-bond acceptors (Lipinski definition) is 4. The molecule has 0 aliphatic heterocycles. The van der Waals surface area contributed by atoms with E-state index in [1.54, 1.807) is 24.3 Å². The van der Waals surface area contributed by atoms with Gasteiger partial charge in [-0.1, -0.05) is 0 Å². The summed E-state index contributed by atoms with van der Waals surface area (Å²) in [6.07, 6.45) is 2.77. The predicted molar refractivity (Wildman–Crippen MR) is 128 cm³/mol. The highest BCUT2D eigenvalue weighted by molar-refractivity contribution is 7.89. The van der Waals surface area contributed by atoms with Crippen LogP contribution in [0.2, 0.25) is 0 Å². The van der Waals surface area contributed by atoms with Crippen LogP contribution in [0.1, 0.15) is 24.3 Å². The van der Waals surface area contributed by atoms with Crippen molar-refractivity contribution in [3.63, 3.8) is 0 Å². The first-order valence-electron chi connectivity index (χ1n) is 11.4. The molecule has 184 valence electrons. The molecule has 3 heterocycles. The number of pyridine rings is 1. The maximum Gasteiger partial charge on any atom is 0.258 e. The molecule has 0 saturated heterocycles. The SMILES string of the molecule is O=S(=O)(NCC1CC(c2c(-c3ccc(F)cc3)[nH]c3c(F)cc(F)cc23)C1)c1[nH]nc2ncccc12. The van der Waals surface area contributed by atoms with Gasteiger partial charge in [-0.15, -0.1) is 0 Å². The topological polar surface area (TPSA) is 104 Å². The molecule has 5 aromatic rings. The first-order valence-corrected chi connectivity index (χ1v) is 12.8. The molecule has 7 nitrogen and oxygen atoms in total. The number of rotatable bonds is 6. The number of sulfonamides is 1. The molecule has 0 atom stereocenters. The van der Waals surface area contributed by atoms with E-state index in [4.69, 9.17) is 0 Å². The van der Waals surface area contributed by atoms with Gasteiger partial charge in [0.1, 0.15) is 17.5 Å². The molecule has 1 saturated carbocycles. The number of fused-ring (bicyclic) bond motifs is 2. The van der Waals surface area contributed by atoms with E-state index in [0.717, 1.165) is 11.6 Å². The predicted octanol–water partition coefficient (Wildman–Crippen LogP) is 5.00. The normalized spacial score (nSPS) is 18.1. The van der Waals surface area contributed by atoms with Crippen molar-refractivity contribution < 1.29 is 21.6 Å². The summed E-state index contributed by atoms with van der Waals surface area (Å²) >= 11 is 0. The summed E-state index contributed by atoms with van der Waals surface area (Å²) in [5.74, 6) is -1.81. The fourth-order valence-electron chi connectivity index (χ4n) is 4.98. The van der Waals surface area contributed by atoms with Crippen molar-refractivity contribution in [2.75, 3.05) is 6.54 Å². The van der Waals surface area contributed by atoms with E-state index >= 15 is 0 Å². The summed E-state index contributed by atoms with van der Waals surface area (Å²) in [5.41, 5.74) is 2.52. The second-order valence-corrected chi connectivity index (χ2v) is 10.7.